The van der Waals surface area contributed by atoms with Gasteiger partial charge in [0.1, 0.15) is 18.0 Å². The maximum Gasteiger partial charge on any atom is 0.325 e. The molecule has 0 heterocycles. The molecule has 2 aromatic carbocycles. The highest BCUT2D eigenvalue weighted by molar-refractivity contribution is 6.32. The largest absolute Gasteiger partial charge is 0.495 e. The molecule has 25 heavy (non-hydrogen) atoms. The van der Waals surface area contributed by atoms with Crippen LogP contribution in [0, 0.1) is 0 Å². The second-order valence-corrected chi connectivity index (χ2v) is 5.74. The summed E-state index contributed by atoms with van der Waals surface area (Å²) in [6.45, 7) is 3.22. The standard InChI is InChI=1S/C19H22ClNO4/c1-4-25-16-8-5-14(6-9-16)12-21(13-19(22)24-3)15-7-10-18(23-2)17(20)11-15/h5-11H,4,12-13H2,1-3H3. The number of rotatable bonds is 8. The third-order valence-electron chi connectivity index (χ3n) is 3.66. The average molecular weight is 364 g/mol. The minimum Gasteiger partial charge on any atom is -0.495 e. The second kappa shape index (κ2) is 9.18. The van der Waals surface area contributed by atoms with E-state index in [0.29, 0.717) is 23.9 Å². The molecule has 6 heteroatoms. The lowest BCUT2D eigenvalue weighted by Gasteiger charge is -2.24. The molecule has 0 unspecified atom stereocenters. The predicted molar refractivity (Wildman–Crippen MR) is 98.7 cm³/mol. The van der Waals surface area contributed by atoms with Gasteiger partial charge in [0.15, 0.2) is 0 Å². The average Bonchev–Trinajstić information content (AvgIpc) is 2.62. The fourth-order valence-electron chi connectivity index (χ4n) is 2.39. The lowest BCUT2D eigenvalue weighted by molar-refractivity contribution is -0.138. The number of benzene rings is 2. The first kappa shape index (κ1) is 18.9. The molecule has 134 valence electrons. The van der Waals surface area contributed by atoms with E-state index in [1.54, 1.807) is 19.2 Å². The van der Waals surface area contributed by atoms with Crippen LogP contribution in [0.5, 0.6) is 11.5 Å². The van der Waals surface area contributed by atoms with Gasteiger partial charge in [-0.3, -0.25) is 4.79 Å². The molecule has 0 aliphatic rings. The number of hydrogen-bond acceptors (Lipinski definition) is 5. The Morgan fingerprint density at radius 1 is 1.12 bits per heavy atom. The van der Waals surface area contributed by atoms with Crippen molar-refractivity contribution in [3.8, 4) is 11.5 Å². The van der Waals surface area contributed by atoms with E-state index in [4.69, 9.17) is 25.8 Å². The minimum absolute atomic E-state index is 0.117. The number of nitrogens with zero attached hydrogens (tertiary/aromatic N) is 1. The first-order valence-electron chi connectivity index (χ1n) is 7.94. The molecule has 0 aliphatic carbocycles. The number of carbonyl (C=O) groups excluding carboxylic acids is 1. The molecule has 0 fully saturated rings. The Morgan fingerprint density at radius 3 is 2.40 bits per heavy atom. The van der Waals surface area contributed by atoms with Crippen molar-refractivity contribution >= 4 is 23.3 Å². The number of anilines is 1. The lowest BCUT2D eigenvalue weighted by atomic mass is 10.2. The van der Waals surface area contributed by atoms with Crippen LogP contribution in [0.25, 0.3) is 0 Å². The smallest absolute Gasteiger partial charge is 0.325 e. The monoisotopic (exact) mass is 363 g/mol. The molecule has 0 aliphatic heterocycles. The van der Waals surface area contributed by atoms with E-state index in [2.05, 4.69) is 0 Å². The van der Waals surface area contributed by atoms with Crippen LogP contribution < -0.4 is 14.4 Å². The van der Waals surface area contributed by atoms with Gasteiger partial charge in [0.25, 0.3) is 0 Å². The molecule has 0 N–H and O–H groups in total. The van der Waals surface area contributed by atoms with Gasteiger partial charge >= 0.3 is 5.97 Å². The highest BCUT2D eigenvalue weighted by atomic mass is 35.5. The Bertz CT molecular complexity index is 703. The van der Waals surface area contributed by atoms with Gasteiger partial charge in [-0.1, -0.05) is 23.7 Å². The van der Waals surface area contributed by atoms with E-state index in [-0.39, 0.29) is 12.5 Å². The normalized spacial score (nSPS) is 10.2. The molecule has 0 saturated carbocycles. The molecule has 0 atom stereocenters. The van der Waals surface area contributed by atoms with Crippen LogP contribution in [0.3, 0.4) is 0 Å². The first-order chi connectivity index (χ1) is 12.1. The number of methoxy groups -OCH3 is 2. The van der Waals surface area contributed by atoms with Crippen molar-refractivity contribution < 1.29 is 19.0 Å². The Morgan fingerprint density at radius 2 is 1.84 bits per heavy atom. The van der Waals surface area contributed by atoms with E-state index in [9.17, 15) is 4.79 Å². The van der Waals surface area contributed by atoms with Crippen molar-refractivity contribution in [2.24, 2.45) is 0 Å². The number of esters is 1. The Balaban J connectivity index is 2.23. The van der Waals surface area contributed by atoms with Crippen LogP contribution in [0.15, 0.2) is 42.5 Å². The van der Waals surface area contributed by atoms with Gasteiger partial charge in [-0.25, -0.2) is 0 Å². The zero-order valence-corrected chi connectivity index (χ0v) is 15.4. The minimum atomic E-state index is -0.321. The van der Waals surface area contributed by atoms with Crippen molar-refractivity contribution in [2.45, 2.75) is 13.5 Å². The fraction of sp³-hybridized carbons (Fsp3) is 0.316. The molecule has 0 spiro atoms. The summed E-state index contributed by atoms with van der Waals surface area (Å²) in [5.74, 6) is 1.08. The quantitative estimate of drug-likeness (QED) is 0.665. The zero-order chi connectivity index (χ0) is 18.2. The van der Waals surface area contributed by atoms with Gasteiger partial charge in [0, 0.05) is 12.2 Å². The van der Waals surface area contributed by atoms with E-state index in [1.165, 1.54) is 7.11 Å². The maximum absolute atomic E-state index is 11.8. The summed E-state index contributed by atoms with van der Waals surface area (Å²) in [7, 11) is 2.94. The van der Waals surface area contributed by atoms with Gasteiger partial charge in [-0.15, -0.1) is 0 Å². The van der Waals surface area contributed by atoms with Gasteiger partial charge < -0.3 is 19.1 Å². The Hall–Kier alpha value is -2.40. The highest BCUT2D eigenvalue weighted by Crippen LogP contribution is 2.30. The van der Waals surface area contributed by atoms with Crippen LogP contribution in [0.2, 0.25) is 5.02 Å². The molecule has 2 aromatic rings. The van der Waals surface area contributed by atoms with Crippen LogP contribution >= 0.6 is 11.6 Å². The maximum atomic E-state index is 11.8. The number of hydrogen-bond donors (Lipinski definition) is 0. The van der Waals surface area contributed by atoms with E-state index in [1.807, 2.05) is 42.2 Å². The number of halogens is 1. The zero-order valence-electron chi connectivity index (χ0n) is 14.6. The summed E-state index contributed by atoms with van der Waals surface area (Å²) in [6.07, 6.45) is 0. The molecule has 0 aromatic heterocycles. The Labute approximate surface area is 153 Å². The van der Waals surface area contributed by atoms with Crippen LogP contribution in [-0.2, 0) is 16.1 Å². The third kappa shape index (κ3) is 5.29. The molecular weight excluding hydrogens is 342 g/mol. The first-order valence-corrected chi connectivity index (χ1v) is 8.32. The van der Waals surface area contributed by atoms with E-state index < -0.39 is 0 Å². The summed E-state index contributed by atoms with van der Waals surface area (Å²) >= 11 is 6.22. The molecule has 2 rings (SSSR count). The fourth-order valence-corrected chi connectivity index (χ4v) is 2.64. The van der Waals surface area contributed by atoms with E-state index >= 15 is 0 Å². The van der Waals surface area contributed by atoms with Gasteiger partial charge in [-0.05, 0) is 42.8 Å². The number of ether oxygens (including phenoxy) is 3. The highest BCUT2D eigenvalue weighted by Gasteiger charge is 2.14. The SMILES string of the molecule is CCOc1ccc(CN(CC(=O)OC)c2ccc(OC)c(Cl)c2)cc1. The van der Waals surface area contributed by atoms with Crippen molar-refractivity contribution in [1.82, 2.24) is 0 Å². The summed E-state index contributed by atoms with van der Waals surface area (Å²) in [4.78, 5) is 13.7. The van der Waals surface area contributed by atoms with Crippen LogP contribution in [0.1, 0.15) is 12.5 Å². The topological polar surface area (TPSA) is 48.0 Å². The molecule has 0 bridgehead atoms. The second-order valence-electron chi connectivity index (χ2n) is 5.33. The Kier molecular flexibility index (Phi) is 6.95. The van der Waals surface area contributed by atoms with Crippen molar-refractivity contribution in [3.63, 3.8) is 0 Å². The van der Waals surface area contributed by atoms with E-state index in [0.717, 1.165) is 17.0 Å². The van der Waals surface area contributed by atoms with Gasteiger partial charge in [0.05, 0.1) is 25.8 Å². The number of carbonyl (C=O) groups is 1. The summed E-state index contributed by atoms with van der Waals surface area (Å²) < 4.78 is 15.4. The van der Waals surface area contributed by atoms with Crippen molar-refractivity contribution in [2.75, 3.05) is 32.3 Å². The molecule has 0 amide bonds. The van der Waals surface area contributed by atoms with Gasteiger partial charge in [0.2, 0.25) is 0 Å². The van der Waals surface area contributed by atoms with Crippen LogP contribution in [0.4, 0.5) is 5.69 Å². The van der Waals surface area contributed by atoms with Crippen molar-refractivity contribution in [3.05, 3.63) is 53.1 Å². The molecular formula is C19H22ClNO4. The molecule has 0 radical (unpaired) electrons. The molecule has 5 nitrogen and oxygen atoms in total. The third-order valence-corrected chi connectivity index (χ3v) is 3.95. The summed E-state index contributed by atoms with van der Waals surface area (Å²) in [5.41, 5.74) is 1.85. The summed E-state index contributed by atoms with van der Waals surface area (Å²) in [6, 6.07) is 13.2. The summed E-state index contributed by atoms with van der Waals surface area (Å²) in [5, 5.41) is 0.488. The van der Waals surface area contributed by atoms with Crippen molar-refractivity contribution in [1.29, 1.82) is 0 Å². The van der Waals surface area contributed by atoms with Gasteiger partial charge in [-0.2, -0.15) is 0 Å². The lowest BCUT2D eigenvalue weighted by Crippen LogP contribution is -2.30. The van der Waals surface area contributed by atoms with Crippen LogP contribution in [-0.4, -0.2) is 33.3 Å². The predicted octanol–water partition coefficient (Wildman–Crippen LogP) is 3.93. The molecule has 0 saturated heterocycles.